The van der Waals surface area contributed by atoms with E-state index >= 15 is 0 Å². The first-order valence-corrected chi connectivity index (χ1v) is 7.18. The highest BCUT2D eigenvalue weighted by atomic mass is 16.4. The Morgan fingerprint density at radius 1 is 1.38 bits per heavy atom. The van der Waals surface area contributed by atoms with E-state index in [-0.39, 0.29) is 11.7 Å². The van der Waals surface area contributed by atoms with Crippen LogP contribution in [0.3, 0.4) is 0 Å². The van der Waals surface area contributed by atoms with E-state index < -0.39 is 0 Å². The molecule has 0 aliphatic heterocycles. The number of nitrogens with two attached hydrogens (primary N) is 1. The molecule has 0 bridgehead atoms. The van der Waals surface area contributed by atoms with Crippen molar-refractivity contribution in [1.29, 1.82) is 0 Å². The fraction of sp³-hybridized carbons (Fsp3) is 0.500. The van der Waals surface area contributed by atoms with Crippen LogP contribution in [-0.2, 0) is 0 Å². The molecule has 116 valence electrons. The Hall–Kier alpha value is -2.04. The van der Waals surface area contributed by atoms with Crippen LogP contribution < -0.4 is 5.73 Å². The summed E-state index contributed by atoms with van der Waals surface area (Å²) in [5.41, 5.74) is 8.32. The van der Waals surface area contributed by atoms with Crippen molar-refractivity contribution in [3.8, 4) is 0 Å². The molecule has 0 radical (unpaired) electrons. The third-order valence-electron chi connectivity index (χ3n) is 3.25. The summed E-state index contributed by atoms with van der Waals surface area (Å²) < 4.78 is 0. The fourth-order valence-corrected chi connectivity index (χ4v) is 2.24. The predicted octanol–water partition coefficient (Wildman–Crippen LogP) is 2.54. The molecule has 0 saturated carbocycles. The van der Waals surface area contributed by atoms with Gasteiger partial charge in [-0.2, -0.15) is 0 Å². The van der Waals surface area contributed by atoms with E-state index in [9.17, 15) is 4.79 Å². The van der Waals surface area contributed by atoms with Crippen molar-refractivity contribution in [1.82, 2.24) is 4.90 Å². The minimum atomic E-state index is -0.00746. The van der Waals surface area contributed by atoms with Crippen LogP contribution in [-0.4, -0.2) is 34.9 Å². The average Bonchev–Trinajstić information content (AvgIpc) is 2.42. The van der Waals surface area contributed by atoms with Gasteiger partial charge < -0.3 is 15.8 Å². The number of nitrogens with zero attached hydrogens (tertiary/aromatic N) is 2. The van der Waals surface area contributed by atoms with Crippen LogP contribution >= 0.6 is 0 Å². The van der Waals surface area contributed by atoms with Crippen molar-refractivity contribution < 1.29 is 10.0 Å². The number of hydrogen-bond donors (Lipinski definition) is 2. The maximum Gasteiger partial charge on any atom is 0.254 e. The molecule has 21 heavy (non-hydrogen) atoms. The van der Waals surface area contributed by atoms with Crippen LogP contribution in [0.5, 0.6) is 0 Å². The van der Waals surface area contributed by atoms with Crippen LogP contribution in [0.1, 0.15) is 41.8 Å². The lowest BCUT2D eigenvalue weighted by molar-refractivity contribution is 0.0740. The summed E-state index contributed by atoms with van der Waals surface area (Å²) in [6.45, 7) is 9.16. The number of carbonyl (C=O) groups is 1. The van der Waals surface area contributed by atoms with Gasteiger partial charge in [-0.3, -0.25) is 4.79 Å². The van der Waals surface area contributed by atoms with Crippen molar-refractivity contribution in [2.45, 2.75) is 34.1 Å². The number of aryl methyl sites for hydroxylation is 2. The molecule has 1 rings (SSSR count). The van der Waals surface area contributed by atoms with E-state index in [2.05, 4.69) is 19.0 Å². The maximum absolute atomic E-state index is 12.7. The molecule has 5 heteroatoms. The minimum Gasteiger partial charge on any atom is -0.409 e. The largest absolute Gasteiger partial charge is 0.409 e. The Labute approximate surface area is 126 Å². The number of benzene rings is 1. The van der Waals surface area contributed by atoms with Gasteiger partial charge in [-0.25, -0.2) is 0 Å². The maximum atomic E-state index is 12.7. The quantitative estimate of drug-likeness (QED) is 0.366. The van der Waals surface area contributed by atoms with Crippen molar-refractivity contribution in [2.24, 2.45) is 16.8 Å². The standard InChI is InChI=1S/C16H25N3O2/c1-11(2)10-19(8-7-15(17)18-21)16(20)14-6-5-12(3)9-13(14)4/h5-6,9,11,21H,7-8,10H2,1-4H3,(H2,17,18). The lowest BCUT2D eigenvalue weighted by atomic mass is 10.0. The Morgan fingerprint density at radius 2 is 2.05 bits per heavy atom. The number of rotatable bonds is 6. The smallest absolute Gasteiger partial charge is 0.254 e. The molecule has 3 N–H and O–H groups in total. The summed E-state index contributed by atoms with van der Waals surface area (Å²) in [6, 6.07) is 5.81. The molecule has 0 fully saturated rings. The van der Waals surface area contributed by atoms with Crippen molar-refractivity contribution >= 4 is 11.7 Å². The normalized spacial score (nSPS) is 11.8. The summed E-state index contributed by atoms with van der Waals surface area (Å²) in [6.07, 6.45) is 0.361. The number of hydrogen-bond acceptors (Lipinski definition) is 3. The van der Waals surface area contributed by atoms with Crippen LogP contribution in [0.2, 0.25) is 0 Å². The molecule has 0 unspecified atom stereocenters. The molecule has 1 aromatic rings. The third kappa shape index (κ3) is 5.10. The highest BCUT2D eigenvalue weighted by Gasteiger charge is 2.18. The number of amides is 1. The molecule has 0 aliphatic carbocycles. The Balaban J connectivity index is 2.93. The molecular weight excluding hydrogens is 266 g/mol. The first kappa shape index (κ1) is 17.0. The molecule has 0 saturated heterocycles. The SMILES string of the molecule is Cc1ccc(C(=O)N(CCC(N)=NO)CC(C)C)c(C)c1. The second-order valence-corrected chi connectivity index (χ2v) is 5.80. The lowest BCUT2D eigenvalue weighted by Gasteiger charge is -2.25. The molecule has 5 nitrogen and oxygen atoms in total. The minimum absolute atomic E-state index is 0.00746. The second-order valence-electron chi connectivity index (χ2n) is 5.80. The summed E-state index contributed by atoms with van der Waals surface area (Å²) >= 11 is 0. The topological polar surface area (TPSA) is 78.9 Å². The van der Waals surface area contributed by atoms with Gasteiger partial charge in [-0.1, -0.05) is 36.7 Å². The molecule has 1 amide bonds. The van der Waals surface area contributed by atoms with E-state index in [0.29, 0.717) is 31.0 Å². The zero-order valence-corrected chi connectivity index (χ0v) is 13.3. The van der Waals surface area contributed by atoms with Gasteiger partial charge in [0.05, 0.1) is 0 Å². The van der Waals surface area contributed by atoms with Gasteiger partial charge in [0.15, 0.2) is 0 Å². The van der Waals surface area contributed by atoms with Gasteiger partial charge in [0.25, 0.3) is 5.91 Å². The van der Waals surface area contributed by atoms with Crippen molar-refractivity contribution in [3.05, 3.63) is 34.9 Å². The van der Waals surface area contributed by atoms with E-state index in [1.165, 1.54) is 0 Å². The van der Waals surface area contributed by atoms with E-state index in [0.717, 1.165) is 11.1 Å². The van der Waals surface area contributed by atoms with E-state index in [1.54, 1.807) is 4.90 Å². The number of amidine groups is 1. The summed E-state index contributed by atoms with van der Waals surface area (Å²) in [5, 5.41) is 11.6. The fourth-order valence-electron chi connectivity index (χ4n) is 2.24. The van der Waals surface area contributed by atoms with Crippen LogP contribution in [0, 0.1) is 19.8 Å². The first-order valence-electron chi connectivity index (χ1n) is 7.18. The monoisotopic (exact) mass is 291 g/mol. The predicted molar refractivity (Wildman–Crippen MR) is 84.7 cm³/mol. The third-order valence-corrected chi connectivity index (χ3v) is 3.25. The molecule has 0 heterocycles. The van der Waals surface area contributed by atoms with E-state index in [1.807, 2.05) is 32.0 Å². The van der Waals surface area contributed by atoms with Gasteiger partial charge in [-0.05, 0) is 31.4 Å². The second kappa shape index (κ2) is 7.67. The molecule has 1 aromatic carbocycles. The summed E-state index contributed by atoms with van der Waals surface area (Å²) in [7, 11) is 0. The molecule has 0 aromatic heterocycles. The number of carbonyl (C=O) groups excluding carboxylic acids is 1. The van der Waals surface area contributed by atoms with Crippen LogP contribution in [0.4, 0.5) is 0 Å². The van der Waals surface area contributed by atoms with Gasteiger partial charge in [0.2, 0.25) is 0 Å². The van der Waals surface area contributed by atoms with Gasteiger partial charge in [-0.15, -0.1) is 0 Å². The molecule has 0 aliphatic rings. The van der Waals surface area contributed by atoms with Crippen molar-refractivity contribution in [2.75, 3.05) is 13.1 Å². The molecule has 0 spiro atoms. The lowest BCUT2D eigenvalue weighted by Crippen LogP contribution is -2.37. The first-order chi connectivity index (χ1) is 9.85. The van der Waals surface area contributed by atoms with Crippen LogP contribution in [0.25, 0.3) is 0 Å². The highest BCUT2D eigenvalue weighted by Crippen LogP contribution is 2.14. The summed E-state index contributed by atoms with van der Waals surface area (Å²) in [4.78, 5) is 14.5. The van der Waals surface area contributed by atoms with E-state index in [4.69, 9.17) is 10.9 Å². The van der Waals surface area contributed by atoms with Gasteiger partial charge in [0, 0.05) is 25.1 Å². The number of oxime groups is 1. The Kier molecular flexibility index (Phi) is 6.21. The average molecular weight is 291 g/mol. The van der Waals surface area contributed by atoms with Crippen molar-refractivity contribution in [3.63, 3.8) is 0 Å². The zero-order valence-electron chi connectivity index (χ0n) is 13.3. The van der Waals surface area contributed by atoms with Crippen LogP contribution in [0.15, 0.2) is 23.4 Å². The molecule has 0 atom stereocenters. The highest BCUT2D eigenvalue weighted by molar-refractivity contribution is 5.96. The summed E-state index contributed by atoms with van der Waals surface area (Å²) in [5.74, 6) is 0.483. The zero-order chi connectivity index (χ0) is 16.0. The van der Waals surface area contributed by atoms with Gasteiger partial charge >= 0.3 is 0 Å². The Morgan fingerprint density at radius 3 is 2.57 bits per heavy atom. The van der Waals surface area contributed by atoms with Gasteiger partial charge in [0.1, 0.15) is 5.84 Å². The molecular formula is C16H25N3O2. The Bertz CT molecular complexity index is 524.